The molecule has 1 N–H and O–H groups in total. The van der Waals surface area contributed by atoms with Crippen LogP contribution in [0.2, 0.25) is 0 Å². The Hall–Kier alpha value is -1.89. The zero-order valence-corrected chi connectivity index (χ0v) is 9.96. The average molecular weight is 254 g/mol. The summed E-state index contributed by atoms with van der Waals surface area (Å²) < 4.78 is 9.60. The molecule has 1 aromatic heterocycles. The number of nitrogens with zero attached hydrogens (tertiary/aromatic N) is 2. The first-order valence-electron chi connectivity index (χ1n) is 5.60. The lowest BCUT2D eigenvalue weighted by Gasteiger charge is -2.14. The summed E-state index contributed by atoms with van der Waals surface area (Å²) in [5.41, 5.74) is 0.0328. The summed E-state index contributed by atoms with van der Waals surface area (Å²) in [5.74, 6) is -1.54. The van der Waals surface area contributed by atoms with E-state index in [9.17, 15) is 9.59 Å². The Morgan fingerprint density at radius 2 is 2.44 bits per heavy atom. The summed E-state index contributed by atoms with van der Waals surface area (Å²) >= 11 is 0. The molecule has 1 unspecified atom stereocenters. The lowest BCUT2D eigenvalue weighted by atomic mass is 10.1. The number of likely N-dealkylation sites (tertiary alicyclic amines) is 1. The SMILES string of the molecule is COCC1CCN(C(=O)c2cc(C(=O)O)on2)C1. The highest BCUT2D eigenvalue weighted by Gasteiger charge is 2.29. The van der Waals surface area contributed by atoms with Crippen LogP contribution in [0, 0.1) is 5.92 Å². The first-order valence-corrected chi connectivity index (χ1v) is 5.60. The van der Waals surface area contributed by atoms with Crippen molar-refractivity contribution in [3.05, 3.63) is 17.5 Å². The standard InChI is InChI=1S/C11H14N2O5/c1-17-6-7-2-3-13(5-7)10(14)8-4-9(11(15)16)18-12-8/h4,7H,2-3,5-6H2,1H3,(H,15,16). The number of carboxylic acid groups (broad SMARTS) is 1. The molecule has 0 aliphatic carbocycles. The number of carbonyl (C=O) groups excluding carboxylic acids is 1. The fraction of sp³-hybridized carbons (Fsp3) is 0.545. The lowest BCUT2D eigenvalue weighted by molar-refractivity contribution is 0.0649. The van der Waals surface area contributed by atoms with E-state index in [-0.39, 0.29) is 17.4 Å². The van der Waals surface area contributed by atoms with Gasteiger partial charge in [-0.25, -0.2) is 4.79 Å². The van der Waals surface area contributed by atoms with Crippen LogP contribution in [0.15, 0.2) is 10.6 Å². The Balaban J connectivity index is 2.01. The van der Waals surface area contributed by atoms with Gasteiger partial charge in [0.2, 0.25) is 5.76 Å². The van der Waals surface area contributed by atoms with E-state index in [4.69, 9.17) is 9.84 Å². The van der Waals surface area contributed by atoms with Gasteiger partial charge in [-0.2, -0.15) is 0 Å². The van der Waals surface area contributed by atoms with Crippen LogP contribution in [0.3, 0.4) is 0 Å². The van der Waals surface area contributed by atoms with Gasteiger partial charge in [-0.1, -0.05) is 5.16 Å². The molecule has 1 fully saturated rings. The van der Waals surface area contributed by atoms with Gasteiger partial charge < -0.3 is 19.3 Å². The third-order valence-electron chi connectivity index (χ3n) is 2.92. The first-order chi connectivity index (χ1) is 8.61. The minimum Gasteiger partial charge on any atom is -0.475 e. The summed E-state index contributed by atoms with van der Waals surface area (Å²) in [5, 5.41) is 12.2. The van der Waals surface area contributed by atoms with Crippen molar-refractivity contribution in [2.45, 2.75) is 6.42 Å². The highest BCUT2D eigenvalue weighted by molar-refractivity contribution is 5.94. The van der Waals surface area contributed by atoms with Crippen LogP contribution in [0.5, 0.6) is 0 Å². The van der Waals surface area contributed by atoms with Crippen molar-refractivity contribution in [3.8, 4) is 0 Å². The molecule has 1 saturated heterocycles. The van der Waals surface area contributed by atoms with Gasteiger partial charge in [0.15, 0.2) is 5.69 Å². The van der Waals surface area contributed by atoms with Gasteiger partial charge in [0.1, 0.15) is 0 Å². The minimum atomic E-state index is -1.24. The average Bonchev–Trinajstić information content (AvgIpc) is 2.97. The van der Waals surface area contributed by atoms with Crippen LogP contribution in [0.25, 0.3) is 0 Å². The molecular formula is C11H14N2O5. The third-order valence-corrected chi connectivity index (χ3v) is 2.92. The van der Waals surface area contributed by atoms with Crippen molar-refractivity contribution in [2.24, 2.45) is 5.92 Å². The Bertz CT molecular complexity index is 456. The maximum absolute atomic E-state index is 12.0. The van der Waals surface area contributed by atoms with Crippen LogP contribution in [-0.2, 0) is 4.74 Å². The third kappa shape index (κ3) is 2.51. The fourth-order valence-electron chi connectivity index (χ4n) is 2.03. The van der Waals surface area contributed by atoms with E-state index in [0.717, 1.165) is 12.5 Å². The summed E-state index contributed by atoms with van der Waals surface area (Å²) in [6.07, 6.45) is 0.878. The molecule has 7 nitrogen and oxygen atoms in total. The van der Waals surface area contributed by atoms with Crippen LogP contribution < -0.4 is 0 Å². The summed E-state index contributed by atoms with van der Waals surface area (Å²) in [7, 11) is 1.63. The topological polar surface area (TPSA) is 92.9 Å². The molecule has 0 radical (unpaired) electrons. The van der Waals surface area contributed by atoms with Gasteiger partial charge >= 0.3 is 5.97 Å². The molecule has 0 spiro atoms. The number of ether oxygens (including phenoxy) is 1. The molecule has 1 amide bonds. The molecule has 0 bridgehead atoms. The van der Waals surface area contributed by atoms with Crippen molar-refractivity contribution in [1.82, 2.24) is 10.1 Å². The van der Waals surface area contributed by atoms with E-state index in [1.54, 1.807) is 12.0 Å². The molecule has 0 aromatic carbocycles. The normalized spacial score (nSPS) is 19.2. The maximum atomic E-state index is 12.0. The number of methoxy groups -OCH3 is 1. The van der Waals surface area contributed by atoms with E-state index >= 15 is 0 Å². The van der Waals surface area contributed by atoms with Gasteiger partial charge in [-0.15, -0.1) is 0 Å². The highest BCUT2D eigenvalue weighted by Crippen LogP contribution is 2.18. The maximum Gasteiger partial charge on any atom is 0.374 e. The Morgan fingerprint density at radius 3 is 3.06 bits per heavy atom. The van der Waals surface area contributed by atoms with E-state index < -0.39 is 5.97 Å². The Morgan fingerprint density at radius 1 is 1.67 bits per heavy atom. The van der Waals surface area contributed by atoms with E-state index in [1.165, 1.54) is 0 Å². The molecule has 1 aliphatic heterocycles. The summed E-state index contributed by atoms with van der Waals surface area (Å²) in [6, 6.07) is 1.15. The van der Waals surface area contributed by atoms with Gasteiger partial charge in [0.25, 0.3) is 5.91 Å². The number of carboxylic acids is 1. The highest BCUT2D eigenvalue weighted by atomic mass is 16.5. The number of aromatic nitrogens is 1. The number of amides is 1. The number of hydrogen-bond donors (Lipinski definition) is 1. The van der Waals surface area contributed by atoms with Gasteiger partial charge in [-0.05, 0) is 6.42 Å². The van der Waals surface area contributed by atoms with Crippen LogP contribution in [0.1, 0.15) is 27.5 Å². The summed E-state index contributed by atoms with van der Waals surface area (Å²) in [6.45, 7) is 1.84. The second kappa shape index (κ2) is 5.18. The molecule has 18 heavy (non-hydrogen) atoms. The van der Waals surface area contributed by atoms with Crippen LogP contribution >= 0.6 is 0 Å². The van der Waals surface area contributed by atoms with E-state index in [0.29, 0.717) is 25.6 Å². The molecule has 1 aromatic rings. The van der Waals surface area contributed by atoms with Crippen molar-refractivity contribution in [2.75, 3.05) is 26.8 Å². The number of aromatic carboxylic acids is 1. The van der Waals surface area contributed by atoms with Gasteiger partial charge in [0.05, 0.1) is 6.61 Å². The Kier molecular flexibility index (Phi) is 3.61. The van der Waals surface area contributed by atoms with Crippen molar-refractivity contribution in [1.29, 1.82) is 0 Å². The van der Waals surface area contributed by atoms with E-state index in [2.05, 4.69) is 9.68 Å². The van der Waals surface area contributed by atoms with E-state index in [1.807, 2.05) is 0 Å². The van der Waals surface area contributed by atoms with Crippen LogP contribution in [0.4, 0.5) is 0 Å². The van der Waals surface area contributed by atoms with Gasteiger partial charge in [-0.3, -0.25) is 4.79 Å². The molecule has 98 valence electrons. The van der Waals surface area contributed by atoms with Crippen molar-refractivity contribution in [3.63, 3.8) is 0 Å². The Labute approximate surface area is 103 Å². The first kappa shape index (κ1) is 12.6. The molecule has 2 rings (SSSR count). The quantitative estimate of drug-likeness (QED) is 0.840. The second-order valence-corrected chi connectivity index (χ2v) is 4.24. The zero-order valence-electron chi connectivity index (χ0n) is 9.96. The predicted molar refractivity (Wildman–Crippen MR) is 59.3 cm³/mol. The second-order valence-electron chi connectivity index (χ2n) is 4.24. The monoisotopic (exact) mass is 254 g/mol. The van der Waals surface area contributed by atoms with Gasteiger partial charge in [0, 0.05) is 32.2 Å². The van der Waals surface area contributed by atoms with Crippen molar-refractivity contribution < 1.29 is 24.0 Å². The largest absolute Gasteiger partial charge is 0.475 e. The zero-order chi connectivity index (χ0) is 13.1. The lowest BCUT2D eigenvalue weighted by Crippen LogP contribution is -2.29. The fourth-order valence-corrected chi connectivity index (χ4v) is 2.03. The molecular weight excluding hydrogens is 240 g/mol. The molecule has 7 heteroatoms. The number of rotatable bonds is 4. The minimum absolute atomic E-state index is 0.0328. The predicted octanol–water partition coefficient (Wildman–Crippen LogP) is 0.481. The smallest absolute Gasteiger partial charge is 0.374 e. The molecule has 1 atom stereocenters. The van der Waals surface area contributed by atoms with Crippen LogP contribution in [-0.4, -0.2) is 53.8 Å². The number of hydrogen-bond acceptors (Lipinski definition) is 5. The number of carbonyl (C=O) groups is 2. The van der Waals surface area contributed by atoms with Crippen molar-refractivity contribution >= 4 is 11.9 Å². The molecule has 0 saturated carbocycles. The molecule has 2 heterocycles. The molecule has 1 aliphatic rings. The summed E-state index contributed by atoms with van der Waals surface area (Å²) in [4.78, 5) is 24.3.